The Labute approximate surface area is 378 Å². The van der Waals surface area contributed by atoms with Crippen LogP contribution >= 0.6 is 19.4 Å². The molecule has 0 amide bonds. The number of ether oxygens (including phenoxy) is 2. The molecule has 0 aliphatic heterocycles. The topological polar surface area (TPSA) is 108 Å². The molecule has 0 heterocycles. The largest absolute Gasteiger partial charge is 0.472 e. The summed E-state index contributed by atoms with van der Waals surface area (Å²) in [7, 11) is -4.41. The van der Waals surface area contributed by atoms with Crippen LogP contribution in [0, 0.1) is 47.4 Å². The maximum absolute atomic E-state index is 12.6. The van der Waals surface area contributed by atoms with Gasteiger partial charge < -0.3 is 14.4 Å². The van der Waals surface area contributed by atoms with Gasteiger partial charge in [0.05, 0.1) is 13.2 Å². The van der Waals surface area contributed by atoms with E-state index in [1.54, 1.807) is 0 Å². The highest BCUT2D eigenvalue weighted by Gasteiger charge is 2.26. The molecule has 0 radical (unpaired) electrons. The molecular weight excluding hydrogens is 807 g/mol. The summed E-state index contributed by atoms with van der Waals surface area (Å²) in [6, 6.07) is 0. The van der Waals surface area contributed by atoms with Crippen molar-refractivity contribution in [2.24, 2.45) is 0 Å². The number of halogens is 1. The molecule has 0 aromatic carbocycles. The summed E-state index contributed by atoms with van der Waals surface area (Å²) in [4.78, 5) is 35.0. The van der Waals surface area contributed by atoms with Crippen molar-refractivity contribution in [2.45, 2.75) is 238 Å². The van der Waals surface area contributed by atoms with Crippen molar-refractivity contribution in [3.05, 3.63) is 0 Å². The molecule has 0 aliphatic carbocycles. The first-order chi connectivity index (χ1) is 29.8. The normalized spacial score (nSPS) is 12.0. The maximum Gasteiger partial charge on any atom is 0.472 e. The van der Waals surface area contributed by atoms with Gasteiger partial charge in [-0.2, -0.15) is 0 Å². The van der Waals surface area contributed by atoms with Gasteiger partial charge in [-0.3, -0.25) is 18.6 Å². The zero-order chi connectivity index (χ0) is 44.6. The van der Waals surface area contributed by atoms with E-state index in [9.17, 15) is 19.0 Å². The molecule has 0 spiro atoms. The average Bonchev–Trinajstić information content (AvgIpc) is 3.25. The number of hydrogen-bond donors (Lipinski definition) is 1. The molecule has 0 saturated carbocycles. The highest BCUT2D eigenvalue weighted by Crippen LogP contribution is 2.43. The average molecular weight is 892 g/mol. The summed E-state index contributed by atoms with van der Waals surface area (Å²) in [5.41, 5.74) is 0. The van der Waals surface area contributed by atoms with Gasteiger partial charge in [0.25, 0.3) is 0 Å². The Morgan fingerprint density at radius 3 is 1.21 bits per heavy atom. The number of alkyl halides is 1. The lowest BCUT2D eigenvalue weighted by Gasteiger charge is -2.19. The standard InChI is InChI=1S/C51H84ClO8P/c1-3-5-7-9-11-13-15-17-19-21-23-25-27-29-31-33-35-37-39-41-43-50(53)57-47-49(48-59-61(55,56)58-46-45-52)60-51(54)44-42-40-38-36-34-32-30-28-26-24-22-20-18-16-14-12-10-8-6-4-2/h49H,3-20,29-48H2,1-2H3,(H,55,56). The molecule has 2 unspecified atom stereocenters. The van der Waals surface area contributed by atoms with Crippen LogP contribution in [0.15, 0.2) is 0 Å². The van der Waals surface area contributed by atoms with Crippen LogP contribution in [0.5, 0.6) is 0 Å². The Morgan fingerprint density at radius 1 is 0.492 bits per heavy atom. The molecule has 2 atom stereocenters. The van der Waals surface area contributed by atoms with E-state index in [0.717, 1.165) is 96.3 Å². The molecule has 1 N–H and O–H groups in total. The smallest absolute Gasteiger partial charge is 0.462 e. The first-order valence-corrected chi connectivity index (χ1v) is 26.3. The van der Waals surface area contributed by atoms with Gasteiger partial charge in [0, 0.05) is 44.4 Å². The Kier molecular flexibility index (Phi) is 45.2. The van der Waals surface area contributed by atoms with Crippen LogP contribution < -0.4 is 0 Å². The molecular formula is C51H84ClO8P. The molecule has 348 valence electrons. The summed E-state index contributed by atoms with van der Waals surface area (Å²) in [5.74, 6) is 23.7. The van der Waals surface area contributed by atoms with Crippen molar-refractivity contribution in [3.8, 4) is 47.4 Å². The van der Waals surface area contributed by atoms with Crippen LogP contribution in [0.4, 0.5) is 0 Å². The fraction of sp³-hybridized carbons (Fsp3) is 0.804. The second kappa shape index (κ2) is 47.1. The molecule has 8 nitrogen and oxygen atoms in total. The van der Waals surface area contributed by atoms with Crippen LogP contribution in [0.3, 0.4) is 0 Å². The van der Waals surface area contributed by atoms with E-state index in [0.29, 0.717) is 12.8 Å². The maximum atomic E-state index is 12.6. The van der Waals surface area contributed by atoms with Crippen molar-refractivity contribution < 1.29 is 37.6 Å². The minimum Gasteiger partial charge on any atom is -0.462 e. The van der Waals surface area contributed by atoms with E-state index in [4.69, 9.17) is 30.1 Å². The monoisotopic (exact) mass is 891 g/mol. The molecule has 0 saturated heterocycles. The molecule has 0 bridgehead atoms. The molecule has 10 heteroatoms. The SMILES string of the molecule is CCCCCCCCCCC#CC#CCCCCCCCCC(=O)OCC(COP(=O)(O)OCCCl)OC(=O)CCCCCCCCC#CC#CCCCCCCCCCC. The lowest BCUT2D eigenvalue weighted by Crippen LogP contribution is -2.29. The van der Waals surface area contributed by atoms with Crippen LogP contribution in [0.2, 0.25) is 0 Å². The Balaban J connectivity index is 4.17. The lowest BCUT2D eigenvalue weighted by molar-refractivity contribution is -0.161. The number of hydrogen-bond acceptors (Lipinski definition) is 7. The summed E-state index contributed by atoms with van der Waals surface area (Å²) in [6.45, 7) is 3.58. The van der Waals surface area contributed by atoms with Crippen LogP contribution in [-0.2, 0) is 32.7 Å². The predicted molar refractivity (Wildman–Crippen MR) is 253 cm³/mol. The quantitative estimate of drug-likeness (QED) is 0.0213. The van der Waals surface area contributed by atoms with Gasteiger partial charge in [-0.05, 0) is 62.2 Å². The second-order valence-electron chi connectivity index (χ2n) is 16.0. The zero-order valence-electron chi connectivity index (χ0n) is 38.6. The minimum atomic E-state index is -4.41. The molecule has 0 aromatic heterocycles. The number of carbonyl (C=O) groups is 2. The molecule has 0 aromatic rings. The number of carbonyl (C=O) groups excluding carboxylic acids is 2. The first-order valence-electron chi connectivity index (χ1n) is 24.3. The Hall–Kier alpha value is -2.42. The summed E-state index contributed by atoms with van der Waals surface area (Å²) in [6.07, 6.45) is 35.4. The number of rotatable bonds is 41. The molecule has 0 rings (SSSR count). The van der Waals surface area contributed by atoms with Gasteiger partial charge in [0.2, 0.25) is 0 Å². The van der Waals surface area contributed by atoms with Gasteiger partial charge in [0.15, 0.2) is 6.10 Å². The van der Waals surface area contributed by atoms with Crippen molar-refractivity contribution in [1.29, 1.82) is 0 Å². The van der Waals surface area contributed by atoms with E-state index in [2.05, 4.69) is 61.2 Å². The van der Waals surface area contributed by atoms with Crippen LogP contribution in [-0.4, -0.2) is 48.6 Å². The van der Waals surface area contributed by atoms with E-state index in [-0.39, 0.29) is 31.9 Å². The summed E-state index contributed by atoms with van der Waals surface area (Å²) in [5, 5.41) is 0. The van der Waals surface area contributed by atoms with Gasteiger partial charge in [0.1, 0.15) is 6.61 Å². The van der Waals surface area contributed by atoms with Crippen molar-refractivity contribution in [2.75, 3.05) is 25.7 Å². The Morgan fingerprint density at radius 2 is 0.836 bits per heavy atom. The molecule has 0 fully saturated rings. The Bertz CT molecular complexity index is 1350. The van der Waals surface area contributed by atoms with Crippen LogP contribution in [0.1, 0.15) is 232 Å². The first kappa shape index (κ1) is 58.6. The van der Waals surface area contributed by atoms with Crippen molar-refractivity contribution >= 4 is 31.4 Å². The van der Waals surface area contributed by atoms with Crippen molar-refractivity contribution in [3.63, 3.8) is 0 Å². The number of esters is 2. The fourth-order valence-electron chi connectivity index (χ4n) is 6.48. The third-order valence-corrected chi connectivity index (χ3v) is 11.3. The number of unbranched alkanes of at least 4 members (excludes halogenated alkanes) is 28. The van der Waals surface area contributed by atoms with E-state index in [1.165, 1.54) is 96.3 Å². The molecule has 0 aliphatic rings. The van der Waals surface area contributed by atoms with Gasteiger partial charge in [-0.25, -0.2) is 4.57 Å². The minimum absolute atomic E-state index is 0.0104. The van der Waals surface area contributed by atoms with E-state index < -0.39 is 32.5 Å². The predicted octanol–water partition coefficient (Wildman–Crippen LogP) is 14.1. The number of phosphoric ester groups is 1. The van der Waals surface area contributed by atoms with E-state index in [1.807, 2.05) is 0 Å². The van der Waals surface area contributed by atoms with Crippen molar-refractivity contribution in [1.82, 2.24) is 0 Å². The third-order valence-electron chi connectivity index (χ3n) is 10.1. The lowest BCUT2D eigenvalue weighted by atomic mass is 10.1. The zero-order valence-corrected chi connectivity index (χ0v) is 40.2. The summed E-state index contributed by atoms with van der Waals surface area (Å²) < 4.78 is 32.8. The second-order valence-corrected chi connectivity index (χ2v) is 17.8. The van der Waals surface area contributed by atoms with Gasteiger partial charge in [-0.1, -0.05) is 179 Å². The highest BCUT2D eigenvalue weighted by molar-refractivity contribution is 7.47. The van der Waals surface area contributed by atoms with Gasteiger partial charge in [-0.15, -0.1) is 11.6 Å². The third kappa shape index (κ3) is 46.9. The highest BCUT2D eigenvalue weighted by atomic mass is 35.5. The van der Waals surface area contributed by atoms with Crippen LogP contribution in [0.25, 0.3) is 0 Å². The van der Waals surface area contributed by atoms with Gasteiger partial charge >= 0.3 is 19.8 Å². The van der Waals surface area contributed by atoms with E-state index >= 15 is 0 Å². The number of phosphoric acid groups is 1. The fourth-order valence-corrected chi connectivity index (χ4v) is 7.42. The molecule has 61 heavy (non-hydrogen) atoms. The summed E-state index contributed by atoms with van der Waals surface area (Å²) >= 11 is 5.55.